The van der Waals surface area contributed by atoms with Crippen molar-refractivity contribution in [2.45, 2.75) is 46.5 Å². The van der Waals surface area contributed by atoms with E-state index in [2.05, 4.69) is 31.1 Å². The first-order valence-corrected chi connectivity index (χ1v) is 7.10. The molecule has 0 amide bonds. The van der Waals surface area contributed by atoms with Gasteiger partial charge in [-0.15, -0.1) is 11.3 Å². The number of aryl methyl sites for hydroxylation is 2. The first kappa shape index (κ1) is 12.1. The van der Waals surface area contributed by atoms with Crippen LogP contribution in [0.15, 0.2) is 0 Å². The van der Waals surface area contributed by atoms with Gasteiger partial charge in [-0.05, 0) is 45.1 Å². The van der Waals surface area contributed by atoms with Gasteiger partial charge in [0.15, 0.2) is 0 Å². The summed E-state index contributed by atoms with van der Waals surface area (Å²) >= 11 is 1.88. The van der Waals surface area contributed by atoms with Crippen LogP contribution in [0.25, 0.3) is 0 Å². The van der Waals surface area contributed by atoms with E-state index in [1.54, 1.807) is 0 Å². The molecule has 1 aromatic heterocycles. The van der Waals surface area contributed by atoms with E-state index in [0.29, 0.717) is 5.41 Å². The van der Waals surface area contributed by atoms with Crippen LogP contribution in [0.2, 0.25) is 0 Å². The van der Waals surface area contributed by atoms with Crippen LogP contribution in [0.1, 0.15) is 41.8 Å². The molecule has 1 N–H and O–H groups in total. The largest absolute Gasteiger partial charge is 0.316 e. The van der Waals surface area contributed by atoms with Gasteiger partial charge in [0, 0.05) is 17.8 Å². The summed E-state index contributed by atoms with van der Waals surface area (Å²) in [7, 11) is 0. The molecule has 1 saturated carbocycles. The van der Waals surface area contributed by atoms with Gasteiger partial charge in [0.2, 0.25) is 0 Å². The Morgan fingerprint density at radius 1 is 1.38 bits per heavy atom. The molecule has 1 aliphatic carbocycles. The zero-order chi connectivity index (χ0) is 11.6. The number of rotatable bonds is 6. The van der Waals surface area contributed by atoms with Gasteiger partial charge in [0.25, 0.3) is 0 Å². The van der Waals surface area contributed by atoms with Crippen LogP contribution in [0.4, 0.5) is 0 Å². The van der Waals surface area contributed by atoms with Crippen molar-refractivity contribution < 1.29 is 0 Å². The maximum absolute atomic E-state index is 4.65. The monoisotopic (exact) mass is 238 g/mol. The average molecular weight is 238 g/mol. The summed E-state index contributed by atoms with van der Waals surface area (Å²) in [6.07, 6.45) is 5.16. The molecule has 0 radical (unpaired) electrons. The van der Waals surface area contributed by atoms with Gasteiger partial charge in [0.05, 0.1) is 10.7 Å². The van der Waals surface area contributed by atoms with Gasteiger partial charge in [0.1, 0.15) is 0 Å². The van der Waals surface area contributed by atoms with Crippen molar-refractivity contribution in [1.82, 2.24) is 10.3 Å². The molecular formula is C13H22N2S. The molecule has 3 heteroatoms. The highest BCUT2D eigenvalue weighted by Crippen LogP contribution is 2.48. The molecule has 1 aromatic rings. The van der Waals surface area contributed by atoms with Crippen molar-refractivity contribution in [1.29, 1.82) is 0 Å². The molecule has 0 aliphatic heterocycles. The maximum atomic E-state index is 4.65. The van der Waals surface area contributed by atoms with E-state index < -0.39 is 0 Å². The van der Waals surface area contributed by atoms with E-state index in [9.17, 15) is 0 Å². The minimum absolute atomic E-state index is 0.548. The summed E-state index contributed by atoms with van der Waals surface area (Å²) in [6, 6.07) is 0. The zero-order valence-corrected chi connectivity index (χ0v) is 11.4. The standard InChI is InChI=1S/C13H22N2S/c1-4-7-14-9-13(5-6-13)8-12-15-10(2)11(3)16-12/h14H,4-9H2,1-3H3. The maximum Gasteiger partial charge on any atom is 0.0936 e. The molecule has 1 aliphatic rings. The topological polar surface area (TPSA) is 24.9 Å². The second-order valence-electron chi connectivity index (χ2n) is 5.10. The smallest absolute Gasteiger partial charge is 0.0936 e. The molecule has 16 heavy (non-hydrogen) atoms. The van der Waals surface area contributed by atoms with E-state index in [-0.39, 0.29) is 0 Å². The molecule has 2 nitrogen and oxygen atoms in total. The van der Waals surface area contributed by atoms with Crippen LogP contribution in [0.5, 0.6) is 0 Å². The van der Waals surface area contributed by atoms with Crippen LogP contribution in [0, 0.1) is 19.3 Å². The molecule has 1 fully saturated rings. The van der Waals surface area contributed by atoms with Crippen LogP contribution >= 0.6 is 11.3 Å². The van der Waals surface area contributed by atoms with Gasteiger partial charge < -0.3 is 5.32 Å². The van der Waals surface area contributed by atoms with Crippen molar-refractivity contribution in [3.63, 3.8) is 0 Å². The van der Waals surface area contributed by atoms with Gasteiger partial charge in [-0.2, -0.15) is 0 Å². The molecule has 0 bridgehead atoms. The SMILES string of the molecule is CCCNCC1(Cc2nc(C)c(C)s2)CC1. The number of hydrogen-bond donors (Lipinski definition) is 1. The summed E-state index contributed by atoms with van der Waals surface area (Å²) < 4.78 is 0. The van der Waals surface area contributed by atoms with Gasteiger partial charge in [-0.1, -0.05) is 6.92 Å². The van der Waals surface area contributed by atoms with Crippen molar-refractivity contribution in [3.8, 4) is 0 Å². The molecular weight excluding hydrogens is 216 g/mol. The fraction of sp³-hybridized carbons (Fsp3) is 0.769. The quantitative estimate of drug-likeness (QED) is 0.770. The Morgan fingerprint density at radius 3 is 2.62 bits per heavy atom. The molecule has 0 unspecified atom stereocenters. The molecule has 0 saturated heterocycles. The Morgan fingerprint density at radius 2 is 2.12 bits per heavy atom. The van der Waals surface area contributed by atoms with Crippen LogP contribution in [-0.4, -0.2) is 18.1 Å². The predicted molar refractivity (Wildman–Crippen MR) is 70.1 cm³/mol. The van der Waals surface area contributed by atoms with E-state index in [1.165, 1.54) is 47.8 Å². The number of nitrogens with one attached hydrogen (secondary N) is 1. The third-order valence-corrected chi connectivity index (χ3v) is 4.56. The van der Waals surface area contributed by atoms with Gasteiger partial charge in [-0.25, -0.2) is 4.98 Å². The fourth-order valence-corrected chi connectivity index (χ4v) is 3.17. The van der Waals surface area contributed by atoms with Crippen LogP contribution in [0.3, 0.4) is 0 Å². The third-order valence-electron chi connectivity index (χ3n) is 3.48. The van der Waals surface area contributed by atoms with Crippen molar-refractivity contribution in [3.05, 3.63) is 15.6 Å². The number of aromatic nitrogens is 1. The van der Waals surface area contributed by atoms with Gasteiger partial charge >= 0.3 is 0 Å². The predicted octanol–water partition coefficient (Wildman–Crippen LogP) is 3.08. The van der Waals surface area contributed by atoms with E-state index in [0.717, 1.165) is 6.54 Å². The highest BCUT2D eigenvalue weighted by molar-refractivity contribution is 7.11. The normalized spacial score (nSPS) is 17.7. The summed E-state index contributed by atoms with van der Waals surface area (Å²) in [4.78, 5) is 6.04. The van der Waals surface area contributed by atoms with Crippen molar-refractivity contribution >= 4 is 11.3 Å². The summed E-state index contributed by atoms with van der Waals surface area (Å²) in [5.74, 6) is 0. The highest BCUT2D eigenvalue weighted by atomic mass is 32.1. The summed E-state index contributed by atoms with van der Waals surface area (Å²) in [5.41, 5.74) is 1.77. The molecule has 2 rings (SSSR count). The van der Waals surface area contributed by atoms with E-state index in [4.69, 9.17) is 0 Å². The fourth-order valence-electron chi connectivity index (χ4n) is 2.06. The summed E-state index contributed by atoms with van der Waals surface area (Å²) in [5, 5.41) is 4.90. The number of thiazole rings is 1. The van der Waals surface area contributed by atoms with E-state index >= 15 is 0 Å². The lowest BCUT2D eigenvalue weighted by Gasteiger charge is -2.13. The molecule has 0 atom stereocenters. The Kier molecular flexibility index (Phi) is 3.65. The lowest BCUT2D eigenvalue weighted by Crippen LogP contribution is -2.26. The highest BCUT2D eigenvalue weighted by Gasteiger charge is 2.42. The van der Waals surface area contributed by atoms with Crippen LogP contribution in [-0.2, 0) is 6.42 Å². The summed E-state index contributed by atoms with van der Waals surface area (Å²) in [6.45, 7) is 8.84. The van der Waals surface area contributed by atoms with Crippen molar-refractivity contribution in [2.24, 2.45) is 5.41 Å². The Hall–Kier alpha value is -0.410. The van der Waals surface area contributed by atoms with E-state index in [1.807, 2.05) is 11.3 Å². The zero-order valence-electron chi connectivity index (χ0n) is 10.6. The minimum atomic E-state index is 0.548. The Bertz CT molecular complexity index is 333. The third kappa shape index (κ3) is 2.83. The molecule has 90 valence electrons. The molecule has 0 spiro atoms. The molecule has 0 aromatic carbocycles. The molecule has 1 heterocycles. The van der Waals surface area contributed by atoms with Gasteiger partial charge in [-0.3, -0.25) is 0 Å². The van der Waals surface area contributed by atoms with Crippen LogP contribution < -0.4 is 5.32 Å². The minimum Gasteiger partial charge on any atom is -0.316 e. The number of hydrogen-bond acceptors (Lipinski definition) is 3. The van der Waals surface area contributed by atoms with Crippen molar-refractivity contribution in [2.75, 3.05) is 13.1 Å². The second kappa shape index (κ2) is 4.84. The lowest BCUT2D eigenvalue weighted by molar-refractivity contribution is 0.455. The first-order valence-electron chi connectivity index (χ1n) is 6.29. The average Bonchev–Trinajstić information content (AvgIpc) is 2.91. The Balaban J connectivity index is 1.88. The Labute approximate surface area is 102 Å². The second-order valence-corrected chi connectivity index (χ2v) is 6.39. The number of nitrogens with zero attached hydrogens (tertiary/aromatic N) is 1. The first-order chi connectivity index (χ1) is 7.65. The lowest BCUT2D eigenvalue weighted by atomic mass is 10.0.